The van der Waals surface area contributed by atoms with Crippen LogP contribution in [0.5, 0.6) is 0 Å². The Bertz CT molecular complexity index is 729. The second-order valence-corrected chi connectivity index (χ2v) is 4.62. The molecule has 2 rings (SSSR count). The molecule has 0 aliphatic rings. The molecule has 0 spiro atoms. The summed E-state index contributed by atoms with van der Waals surface area (Å²) in [6, 6.07) is 8.30. The highest BCUT2D eigenvalue weighted by molar-refractivity contribution is 6.06. The second kappa shape index (κ2) is 5.70. The number of carbonyl (C=O) groups is 1. The zero-order valence-corrected chi connectivity index (χ0v) is 11.5. The number of rotatable bonds is 3. The van der Waals surface area contributed by atoms with E-state index in [1.165, 1.54) is 43.3 Å². The van der Waals surface area contributed by atoms with Gasteiger partial charge in [0.15, 0.2) is 0 Å². The van der Waals surface area contributed by atoms with Gasteiger partial charge in [0.05, 0.1) is 4.92 Å². The van der Waals surface area contributed by atoms with Gasteiger partial charge in [-0.15, -0.1) is 0 Å². The zero-order valence-electron chi connectivity index (χ0n) is 11.5. The predicted molar refractivity (Wildman–Crippen MR) is 76.9 cm³/mol. The lowest BCUT2D eigenvalue weighted by atomic mass is 10.1. The molecule has 6 heteroatoms. The molecule has 0 saturated heterocycles. The Morgan fingerprint density at radius 2 is 1.95 bits per heavy atom. The molecule has 1 N–H and O–H groups in total. The number of hydrogen-bond acceptors (Lipinski definition) is 3. The molecule has 0 radical (unpaired) electrons. The van der Waals surface area contributed by atoms with Crippen molar-refractivity contribution in [1.82, 2.24) is 0 Å². The van der Waals surface area contributed by atoms with Crippen molar-refractivity contribution in [2.45, 2.75) is 13.8 Å². The number of benzene rings is 2. The maximum atomic E-state index is 13.0. The third-order valence-corrected chi connectivity index (χ3v) is 3.18. The van der Waals surface area contributed by atoms with Gasteiger partial charge < -0.3 is 5.32 Å². The third-order valence-electron chi connectivity index (χ3n) is 3.18. The first kappa shape index (κ1) is 14.6. The van der Waals surface area contributed by atoms with Crippen molar-refractivity contribution in [3.8, 4) is 0 Å². The lowest BCUT2D eigenvalue weighted by Crippen LogP contribution is -2.14. The van der Waals surface area contributed by atoms with E-state index >= 15 is 0 Å². The molecular formula is C15H13FN2O3. The van der Waals surface area contributed by atoms with Crippen molar-refractivity contribution in [1.29, 1.82) is 0 Å². The number of anilines is 1. The first-order chi connectivity index (χ1) is 9.90. The van der Waals surface area contributed by atoms with Crippen molar-refractivity contribution in [3.63, 3.8) is 0 Å². The van der Waals surface area contributed by atoms with E-state index in [2.05, 4.69) is 5.32 Å². The average molecular weight is 288 g/mol. The topological polar surface area (TPSA) is 72.2 Å². The van der Waals surface area contributed by atoms with Crippen LogP contribution in [0.25, 0.3) is 0 Å². The van der Waals surface area contributed by atoms with Gasteiger partial charge in [-0.2, -0.15) is 0 Å². The van der Waals surface area contributed by atoms with Crippen molar-refractivity contribution >= 4 is 17.3 Å². The van der Waals surface area contributed by atoms with Gasteiger partial charge in [0.25, 0.3) is 11.6 Å². The van der Waals surface area contributed by atoms with Crippen LogP contribution in [0.15, 0.2) is 36.4 Å². The molecule has 0 heterocycles. The number of carbonyl (C=O) groups excluding carboxylic acids is 1. The van der Waals surface area contributed by atoms with Crippen LogP contribution in [0.2, 0.25) is 0 Å². The van der Waals surface area contributed by atoms with Gasteiger partial charge in [-0.3, -0.25) is 14.9 Å². The van der Waals surface area contributed by atoms with Crippen LogP contribution in [0.3, 0.4) is 0 Å². The summed E-state index contributed by atoms with van der Waals surface area (Å²) < 4.78 is 13.0. The van der Waals surface area contributed by atoms with Crippen LogP contribution >= 0.6 is 0 Å². The summed E-state index contributed by atoms with van der Waals surface area (Å²) >= 11 is 0. The maximum absolute atomic E-state index is 13.0. The quantitative estimate of drug-likeness (QED) is 0.692. The summed E-state index contributed by atoms with van der Waals surface area (Å²) in [6.45, 7) is 3.18. The standard InChI is InChI=1S/C15H13FN2O3/c1-9-8-11(16)6-7-13(9)17-15(19)12-4-3-5-14(10(12)2)18(20)21/h3-8H,1-2H3,(H,17,19). The number of nitrogens with one attached hydrogen (secondary N) is 1. The highest BCUT2D eigenvalue weighted by Crippen LogP contribution is 2.23. The highest BCUT2D eigenvalue weighted by atomic mass is 19.1. The van der Waals surface area contributed by atoms with E-state index < -0.39 is 16.6 Å². The van der Waals surface area contributed by atoms with Gasteiger partial charge in [0.2, 0.25) is 0 Å². The fourth-order valence-electron chi connectivity index (χ4n) is 2.02. The molecule has 0 aliphatic carbocycles. The lowest BCUT2D eigenvalue weighted by Gasteiger charge is -2.10. The van der Waals surface area contributed by atoms with Crippen LogP contribution in [0.4, 0.5) is 15.8 Å². The van der Waals surface area contributed by atoms with Crippen LogP contribution in [-0.4, -0.2) is 10.8 Å². The molecule has 2 aromatic carbocycles. The largest absolute Gasteiger partial charge is 0.322 e. The normalized spacial score (nSPS) is 10.2. The molecule has 2 aromatic rings. The molecule has 1 amide bonds. The molecule has 0 unspecified atom stereocenters. The third kappa shape index (κ3) is 3.05. The molecule has 0 bridgehead atoms. The molecule has 0 fully saturated rings. The summed E-state index contributed by atoms with van der Waals surface area (Å²) in [5, 5.41) is 13.5. The number of halogens is 1. The maximum Gasteiger partial charge on any atom is 0.273 e. The SMILES string of the molecule is Cc1cc(F)ccc1NC(=O)c1cccc([N+](=O)[O-])c1C. The fraction of sp³-hybridized carbons (Fsp3) is 0.133. The predicted octanol–water partition coefficient (Wildman–Crippen LogP) is 3.60. The van der Waals surface area contributed by atoms with Crippen molar-refractivity contribution in [2.75, 3.05) is 5.32 Å². The van der Waals surface area contributed by atoms with Gasteiger partial charge in [-0.25, -0.2) is 4.39 Å². The summed E-state index contributed by atoms with van der Waals surface area (Å²) in [5.41, 5.74) is 1.44. The van der Waals surface area contributed by atoms with Crippen LogP contribution in [0.1, 0.15) is 21.5 Å². The first-order valence-corrected chi connectivity index (χ1v) is 6.21. The number of nitro benzene ring substituents is 1. The van der Waals surface area contributed by atoms with E-state index in [1.807, 2.05) is 0 Å². The fourth-order valence-corrected chi connectivity index (χ4v) is 2.02. The van der Waals surface area contributed by atoms with Crippen LogP contribution < -0.4 is 5.32 Å². The highest BCUT2D eigenvalue weighted by Gasteiger charge is 2.18. The Kier molecular flexibility index (Phi) is 3.98. The Labute approximate surface area is 120 Å². The van der Waals surface area contributed by atoms with Crippen molar-refractivity contribution in [2.24, 2.45) is 0 Å². The average Bonchev–Trinajstić information content (AvgIpc) is 2.41. The van der Waals surface area contributed by atoms with Crippen molar-refractivity contribution < 1.29 is 14.1 Å². The molecule has 21 heavy (non-hydrogen) atoms. The van der Waals surface area contributed by atoms with E-state index in [9.17, 15) is 19.3 Å². The lowest BCUT2D eigenvalue weighted by molar-refractivity contribution is -0.385. The van der Waals surface area contributed by atoms with Gasteiger partial charge in [-0.05, 0) is 43.7 Å². The van der Waals surface area contributed by atoms with Crippen LogP contribution in [0, 0.1) is 29.8 Å². The molecule has 5 nitrogen and oxygen atoms in total. The summed E-state index contributed by atoms with van der Waals surface area (Å²) in [7, 11) is 0. The second-order valence-electron chi connectivity index (χ2n) is 4.62. The molecule has 0 atom stereocenters. The summed E-state index contributed by atoms with van der Waals surface area (Å²) in [5.74, 6) is -0.858. The van der Waals surface area contributed by atoms with Gasteiger partial charge >= 0.3 is 0 Å². The van der Waals surface area contributed by atoms with E-state index in [1.54, 1.807) is 6.92 Å². The van der Waals surface area contributed by atoms with E-state index in [0.717, 1.165) is 0 Å². The van der Waals surface area contributed by atoms with E-state index in [-0.39, 0.29) is 11.3 Å². The molecule has 0 aromatic heterocycles. The number of aryl methyl sites for hydroxylation is 1. The summed E-state index contributed by atoms with van der Waals surface area (Å²) in [4.78, 5) is 22.6. The Morgan fingerprint density at radius 3 is 2.57 bits per heavy atom. The number of nitro groups is 1. The Hall–Kier alpha value is -2.76. The van der Waals surface area contributed by atoms with Gasteiger partial charge in [0, 0.05) is 22.9 Å². The minimum atomic E-state index is -0.532. The smallest absolute Gasteiger partial charge is 0.273 e. The Morgan fingerprint density at radius 1 is 1.24 bits per heavy atom. The Balaban J connectivity index is 2.33. The first-order valence-electron chi connectivity index (χ1n) is 6.21. The van der Waals surface area contributed by atoms with Crippen molar-refractivity contribution in [3.05, 3.63) is 69.0 Å². The van der Waals surface area contributed by atoms with E-state index in [4.69, 9.17) is 0 Å². The summed E-state index contributed by atoms with van der Waals surface area (Å²) in [6.07, 6.45) is 0. The molecular weight excluding hydrogens is 275 g/mol. The molecule has 0 aliphatic heterocycles. The van der Waals surface area contributed by atoms with Gasteiger partial charge in [-0.1, -0.05) is 6.07 Å². The number of amides is 1. The zero-order chi connectivity index (χ0) is 15.6. The number of nitrogens with zero attached hydrogens (tertiary/aromatic N) is 1. The molecule has 108 valence electrons. The monoisotopic (exact) mass is 288 g/mol. The minimum Gasteiger partial charge on any atom is -0.322 e. The van der Waals surface area contributed by atoms with Crippen LogP contribution in [-0.2, 0) is 0 Å². The van der Waals surface area contributed by atoms with E-state index in [0.29, 0.717) is 16.8 Å². The minimum absolute atomic E-state index is 0.113. The molecule has 0 saturated carbocycles. The van der Waals surface area contributed by atoms with Gasteiger partial charge in [0.1, 0.15) is 5.82 Å². The number of hydrogen-bond donors (Lipinski definition) is 1.